The van der Waals surface area contributed by atoms with Crippen LogP contribution in [0.2, 0.25) is 0 Å². The van der Waals surface area contributed by atoms with Crippen molar-refractivity contribution in [3.05, 3.63) is 28.0 Å². The molecule has 0 fully saturated rings. The van der Waals surface area contributed by atoms with E-state index >= 15 is 0 Å². The van der Waals surface area contributed by atoms with E-state index in [1.54, 1.807) is 12.3 Å². The number of thioether (sulfide) groups is 1. The Hall–Kier alpha value is -0.530. The van der Waals surface area contributed by atoms with Crippen LogP contribution in [0, 0.1) is 17.1 Å². The maximum atomic E-state index is 13.0. The molecule has 0 aliphatic carbocycles. The molecule has 0 atom stereocenters. The van der Waals surface area contributed by atoms with Crippen LogP contribution in [0.15, 0.2) is 21.5 Å². The van der Waals surface area contributed by atoms with E-state index in [1.807, 2.05) is 6.07 Å². The number of hydrogen-bond donors (Lipinski definition) is 0. The summed E-state index contributed by atoms with van der Waals surface area (Å²) in [5.74, 6) is -0.345. The average Bonchev–Trinajstić information content (AvgIpc) is 2.08. The average molecular weight is 246 g/mol. The maximum Gasteiger partial charge on any atom is 0.138 e. The molecule has 0 aliphatic heterocycles. The molecule has 62 valence electrons. The van der Waals surface area contributed by atoms with Gasteiger partial charge in [0.1, 0.15) is 11.9 Å². The Kier molecular flexibility index (Phi) is 3.12. The summed E-state index contributed by atoms with van der Waals surface area (Å²) in [7, 11) is 0. The molecule has 0 amide bonds. The van der Waals surface area contributed by atoms with Crippen LogP contribution in [0.5, 0.6) is 0 Å². The van der Waals surface area contributed by atoms with Gasteiger partial charge in [-0.25, -0.2) is 4.39 Å². The van der Waals surface area contributed by atoms with Gasteiger partial charge in [-0.05, 0) is 34.3 Å². The molecule has 1 aromatic carbocycles. The topological polar surface area (TPSA) is 23.8 Å². The predicted molar refractivity (Wildman–Crippen MR) is 50.6 cm³/mol. The fraction of sp³-hybridized carbons (Fsp3) is 0.125. The number of rotatable bonds is 1. The molecule has 0 saturated heterocycles. The van der Waals surface area contributed by atoms with Gasteiger partial charge in [0.15, 0.2) is 0 Å². The fourth-order valence-corrected chi connectivity index (χ4v) is 1.84. The van der Waals surface area contributed by atoms with Gasteiger partial charge in [-0.2, -0.15) is 5.26 Å². The Morgan fingerprint density at radius 3 is 2.75 bits per heavy atom. The smallest absolute Gasteiger partial charge is 0.138 e. The largest absolute Gasteiger partial charge is 0.206 e. The second-order valence-electron chi connectivity index (χ2n) is 2.08. The lowest BCUT2D eigenvalue weighted by molar-refractivity contribution is 0.601. The van der Waals surface area contributed by atoms with Crippen LogP contribution in [0.1, 0.15) is 5.56 Å². The first-order chi connectivity index (χ1) is 5.69. The third kappa shape index (κ3) is 1.79. The first-order valence-electron chi connectivity index (χ1n) is 3.12. The highest BCUT2D eigenvalue weighted by Gasteiger charge is 2.06. The Bertz CT molecular complexity index is 345. The summed E-state index contributed by atoms with van der Waals surface area (Å²) in [6, 6.07) is 4.73. The minimum absolute atomic E-state index is 0.324. The molecule has 0 unspecified atom stereocenters. The molecule has 0 radical (unpaired) electrons. The van der Waals surface area contributed by atoms with Gasteiger partial charge in [-0.15, -0.1) is 11.8 Å². The van der Waals surface area contributed by atoms with Crippen LogP contribution in [0.3, 0.4) is 0 Å². The van der Waals surface area contributed by atoms with Crippen LogP contribution >= 0.6 is 27.7 Å². The molecule has 0 bridgehead atoms. The van der Waals surface area contributed by atoms with Gasteiger partial charge < -0.3 is 0 Å². The van der Waals surface area contributed by atoms with Crippen molar-refractivity contribution in [2.45, 2.75) is 4.90 Å². The van der Waals surface area contributed by atoms with E-state index in [2.05, 4.69) is 15.9 Å². The molecule has 1 aromatic rings. The van der Waals surface area contributed by atoms with Crippen molar-refractivity contribution in [3.63, 3.8) is 0 Å². The van der Waals surface area contributed by atoms with Crippen molar-refractivity contribution in [2.75, 3.05) is 6.26 Å². The minimum atomic E-state index is -0.345. The lowest BCUT2D eigenvalue weighted by Gasteiger charge is -2.00. The van der Waals surface area contributed by atoms with E-state index in [0.717, 1.165) is 0 Å². The predicted octanol–water partition coefficient (Wildman–Crippen LogP) is 3.18. The zero-order valence-corrected chi connectivity index (χ0v) is 8.67. The molecular formula is C8H5BrFNS. The van der Waals surface area contributed by atoms with Crippen molar-refractivity contribution in [1.29, 1.82) is 5.26 Å². The fourth-order valence-electron chi connectivity index (χ4n) is 0.771. The number of nitriles is 1. The molecule has 12 heavy (non-hydrogen) atoms. The Balaban J connectivity index is 3.28. The molecule has 0 aromatic heterocycles. The molecule has 0 heterocycles. The number of nitrogens with zero attached hydrogens (tertiary/aromatic N) is 1. The number of halogens is 2. The van der Waals surface area contributed by atoms with Gasteiger partial charge in [0.25, 0.3) is 0 Å². The summed E-state index contributed by atoms with van der Waals surface area (Å²) in [4.78, 5) is 0.542. The highest BCUT2D eigenvalue weighted by Crippen LogP contribution is 2.26. The molecule has 1 nitrogen and oxygen atoms in total. The van der Waals surface area contributed by atoms with Crippen LogP contribution < -0.4 is 0 Å². The van der Waals surface area contributed by atoms with Crippen LogP contribution in [-0.4, -0.2) is 6.26 Å². The first-order valence-corrected chi connectivity index (χ1v) is 5.14. The standard InChI is InChI=1S/C8H5BrFNS/c1-12-8-3-6(9)5(4-11)2-7(8)10/h2-3H,1H3. The van der Waals surface area contributed by atoms with Gasteiger partial charge >= 0.3 is 0 Å². The van der Waals surface area contributed by atoms with Crippen molar-refractivity contribution in [2.24, 2.45) is 0 Å². The van der Waals surface area contributed by atoms with Gasteiger partial charge in [0.05, 0.1) is 5.56 Å². The first kappa shape index (κ1) is 9.56. The van der Waals surface area contributed by atoms with Crippen molar-refractivity contribution in [3.8, 4) is 6.07 Å². The molecule has 0 saturated carbocycles. The second-order valence-corrected chi connectivity index (χ2v) is 3.78. The zero-order chi connectivity index (χ0) is 9.14. The van der Waals surface area contributed by atoms with Crippen LogP contribution in [0.25, 0.3) is 0 Å². The maximum absolute atomic E-state index is 13.0. The quantitative estimate of drug-likeness (QED) is 0.710. The van der Waals surface area contributed by atoms with E-state index in [-0.39, 0.29) is 5.82 Å². The molecule has 0 N–H and O–H groups in total. The lowest BCUT2D eigenvalue weighted by atomic mass is 10.2. The summed E-state index contributed by atoms with van der Waals surface area (Å²) >= 11 is 4.49. The van der Waals surface area contributed by atoms with E-state index in [4.69, 9.17) is 5.26 Å². The van der Waals surface area contributed by atoms with Gasteiger partial charge in [-0.1, -0.05) is 0 Å². The SMILES string of the molecule is CSc1cc(Br)c(C#N)cc1F. The molecule has 1 rings (SSSR count). The van der Waals surface area contributed by atoms with E-state index in [0.29, 0.717) is 14.9 Å². The third-order valence-electron chi connectivity index (χ3n) is 1.36. The van der Waals surface area contributed by atoms with Crippen LogP contribution in [0.4, 0.5) is 4.39 Å². The molecule has 0 spiro atoms. The second kappa shape index (κ2) is 3.92. The molecular weight excluding hydrogens is 241 g/mol. The Labute approximate surface area is 82.7 Å². The van der Waals surface area contributed by atoms with Gasteiger partial charge in [0, 0.05) is 9.37 Å². The molecule has 0 aliphatic rings. The number of hydrogen-bond acceptors (Lipinski definition) is 2. The summed E-state index contributed by atoms with van der Waals surface area (Å²) in [6.45, 7) is 0. The van der Waals surface area contributed by atoms with E-state index in [1.165, 1.54) is 17.8 Å². The zero-order valence-electron chi connectivity index (χ0n) is 6.27. The lowest BCUT2D eigenvalue weighted by Crippen LogP contribution is -1.84. The third-order valence-corrected chi connectivity index (χ3v) is 2.77. The summed E-state index contributed by atoms with van der Waals surface area (Å²) < 4.78 is 13.7. The van der Waals surface area contributed by atoms with Crippen molar-refractivity contribution in [1.82, 2.24) is 0 Å². The highest BCUT2D eigenvalue weighted by molar-refractivity contribution is 9.10. The molecule has 4 heteroatoms. The Morgan fingerprint density at radius 2 is 2.25 bits per heavy atom. The Morgan fingerprint density at radius 1 is 1.58 bits per heavy atom. The highest BCUT2D eigenvalue weighted by atomic mass is 79.9. The van der Waals surface area contributed by atoms with Crippen molar-refractivity contribution >= 4 is 27.7 Å². The number of benzene rings is 1. The summed E-state index contributed by atoms with van der Waals surface area (Å²) in [5.41, 5.74) is 0.324. The summed E-state index contributed by atoms with van der Waals surface area (Å²) in [6.07, 6.45) is 1.79. The summed E-state index contributed by atoms with van der Waals surface area (Å²) in [5, 5.41) is 8.55. The van der Waals surface area contributed by atoms with Crippen molar-refractivity contribution < 1.29 is 4.39 Å². The minimum Gasteiger partial charge on any atom is -0.206 e. The van der Waals surface area contributed by atoms with Gasteiger partial charge in [-0.3, -0.25) is 0 Å². The van der Waals surface area contributed by atoms with Crippen LogP contribution in [-0.2, 0) is 0 Å². The monoisotopic (exact) mass is 245 g/mol. The normalized spacial score (nSPS) is 9.50. The van der Waals surface area contributed by atoms with E-state index < -0.39 is 0 Å². The van der Waals surface area contributed by atoms with E-state index in [9.17, 15) is 4.39 Å². The van der Waals surface area contributed by atoms with Gasteiger partial charge in [0.2, 0.25) is 0 Å².